The highest BCUT2D eigenvalue weighted by Crippen LogP contribution is 2.32. The van der Waals surface area contributed by atoms with Gasteiger partial charge in [-0.1, -0.05) is 24.3 Å². The van der Waals surface area contributed by atoms with Gasteiger partial charge in [-0.15, -0.1) is 0 Å². The SMILES string of the molecule is CSCCC(NS(=O)(=O)c1ccc2c(c1)OCCO2)C(=O)NC(C)c1ccccc1C. The molecule has 2 aromatic carbocycles. The lowest BCUT2D eigenvalue weighted by Gasteiger charge is -2.23. The average molecular weight is 465 g/mol. The zero-order valence-electron chi connectivity index (χ0n) is 17.9. The summed E-state index contributed by atoms with van der Waals surface area (Å²) in [5, 5.41) is 2.95. The van der Waals surface area contributed by atoms with Crippen LogP contribution in [-0.2, 0) is 14.8 Å². The number of rotatable bonds is 9. The van der Waals surface area contributed by atoms with Crippen LogP contribution in [0.3, 0.4) is 0 Å². The van der Waals surface area contributed by atoms with E-state index in [1.165, 1.54) is 12.1 Å². The Balaban J connectivity index is 1.76. The molecule has 2 unspecified atom stereocenters. The lowest BCUT2D eigenvalue weighted by atomic mass is 10.0. The van der Waals surface area contributed by atoms with Crippen molar-refractivity contribution in [3.8, 4) is 11.5 Å². The molecule has 0 bridgehead atoms. The average Bonchev–Trinajstić information content (AvgIpc) is 2.76. The largest absolute Gasteiger partial charge is 0.486 e. The van der Waals surface area contributed by atoms with Crippen molar-refractivity contribution >= 4 is 27.7 Å². The van der Waals surface area contributed by atoms with Gasteiger partial charge in [0.25, 0.3) is 0 Å². The van der Waals surface area contributed by atoms with E-state index in [1.807, 2.05) is 44.4 Å². The molecule has 2 N–H and O–H groups in total. The Kier molecular flexibility index (Phi) is 7.85. The first-order valence-electron chi connectivity index (χ1n) is 10.1. The van der Waals surface area contributed by atoms with Gasteiger partial charge in [-0.05, 0) is 55.5 Å². The number of hydrogen-bond acceptors (Lipinski definition) is 6. The Hall–Kier alpha value is -2.23. The zero-order chi connectivity index (χ0) is 22.4. The third-order valence-electron chi connectivity index (χ3n) is 5.06. The van der Waals surface area contributed by atoms with Crippen LogP contribution >= 0.6 is 11.8 Å². The summed E-state index contributed by atoms with van der Waals surface area (Å²) < 4.78 is 39.5. The molecule has 7 nitrogen and oxygen atoms in total. The maximum absolute atomic E-state index is 13.0. The number of fused-ring (bicyclic) bond motifs is 1. The van der Waals surface area contributed by atoms with E-state index in [-0.39, 0.29) is 16.8 Å². The first-order chi connectivity index (χ1) is 14.8. The number of carbonyl (C=O) groups is 1. The molecule has 0 fully saturated rings. The highest BCUT2D eigenvalue weighted by Gasteiger charge is 2.28. The minimum Gasteiger partial charge on any atom is -0.486 e. The highest BCUT2D eigenvalue weighted by molar-refractivity contribution is 7.98. The van der Waals surface area contributed by atoms with Crippen LogP contribution in [0.5, 0.6) is 11.5 Å². The third kappa shape index (κ3) is 5.93. The Bertz CT molecular complexity index is 1030. The summed E-state index contributed by atoms with van der Waals surface area (Å²) >= 11 is 1.55. The summed E-state index contributed by atoms with van der Waals surface area (Å²) in [7, 11) is -3.93. The van der Waals surface area contributed by atoms with Crippen molar-refractivity contribution in [1.82, 2.24) is 10.0 Å². The number of ether oxygens (including phenoxy) is 2. The van der Waals surface area contributed by atoms with E-state index in [0.29, 0.717) is 36.9 Å². The molecule has 31 heavy (non-hydrogen) atoms. The van der Waals surface area contributed by atoms with Crippen molar-refractivity contribution < 1.29 is 22.7 Å². The van der Waals surface area contributed by atoms with E-state index in [4.69, 9.17) is 9.47 Å². The normalized spacial score (nSPS) is 15.2. The van der Waals surface area contributed by atoms with Crippen LogP contribution in [-0.4, -0.2) is 45.6 Å². The Morgan fingerprint density at radius 3 is 2.55 bits per heavy atom. The van der Waals surface area contributed by atoms with Crippen LogP contribution in [0.4, 0.5) is 0 Å². The summed E-state index contributed by atoms with van der Waals surface area (Å²) in [5.41, 5.74) is 2.06. The molecule has 0 aromatic heterocycles. The fourth-order valence-corrected chi connectivity index (χ4v) is 5.11. The smallest absolute Gasteiger partial charge is 0.241 e. The monoisotopic (exact) mass is 464 g/mol. The van der Waals surface area contributed by atoms with Crippen LogP contribution < -0.4 is 19.5 Å². The maximum Gasteiger partial charge on any atom is 0.241 e. The number of aryl methyl sites for hydroxylation is 1. The predicted octanol–water partition coefficient (Wildman–Crippen LogP) is 3.04. The summed E-state index contributed by atoms with van der Waals surface area (Å²) in [6, 6.07) is 11.1. The van der Waals surface area contributed by atoms with Gasteiger partial charge in [0.1, 0.15) is 19.3 Å². The van der Waals surface area contributed by atoms with Crippen LogP contribution in [0.1, 0.15) is 30.5 Å². The van der Waals surface area contributed by atoms with E-state index >= 15 is 0 Å². The van der Waals surface area contributed by atoms with Gasteiger partial charge in [0.15, 0.2) is 11.5 Å². The van der Waals surface area contributed by atoms with Crippen molar-refractivity contribution in [2.24, 2.45) is 0 Å². The molecule has 1 aliphatic rings. The van der Waals surface area contributed by atoms with Crippen LogP contribution in [0.25, 0.3) is 0 Å². The second kappa shape index (κ2) is 10.4. The summed E-state index contributed by atoms with van der Waals surface area (Å²) in [6.45, 7) is 4.65. The fraction of sp³-hybridized carbons (Fsp3) is 0.409. The van der Waals surface area contributed by atoms with E-state index in [0.717, 1.165) is 11.1 Å². The topological polar surface area (TPSA) is 93.7 Å². The molecule has 0 saturated heterocycles. The number of nitrogens with one attached hydrogen (secondary N) is 2. The molecule has 0 radical (unpaired) electrons. The molecular weight excluding hydrogens is 436 g/mol. The quantitative estimate of drug-likeness (QED) is 0.593. The van der Waals surface area contributed by atoms with Gasteiger partial charge in [0.05, 0.1) is 10.9 Å². The van der Waals surface area contributed by atoms with Gasteiger partial charge in [0.2, 0.25) is 15.9 Å². The molecule has 1 aliphatic heterocycles. The molecular formula is C22H28N2O5S2. The van der Waals surface area contributed by atoms with E-state index < -0.39 is 16.1 Å². The summed E-state index contributed by atoms with van der Waals surface area (Å²) in [5.74, 6) is 1.17. The molecule has 2 aromatic rings. The predicted molar refractivity (Wildman–Crippen MR) is 122 cm³/mol. The summed E-state index contributed by atoms with van der Waals surface area (Å²) in [4.78, 5) is 13.0. The molecule has 0 spiro atoms. The number of hydrogen-bond donors (Lipinski definition) is 2. The summed E-state index contributed by atoms with van der Waals surface area (Å²) in [6.07, 6.45) is 2.29. The standard InChI is InChI=1S/C22H28N2O5S2/c1-15-6-4-5-7-18(15)16(2)23-22(25)19(10-13-30-3)24-31(26,27)17-8-9-20-21(14-17)29-12-11-28-20/h4-9,14,16,19,24H,10-13H2,1-3H3,(H,23,25). The number of benzene rings is 2. The van der Waals surface area contributed by atoms with Gasteiger partial charge >= 0.3 is 0 Å². The van der Waals surface area contributed by atoms with Gasteiger partial charge in [-0.25, -0.2) is 8.42 Å². The van der Waals surface area contributed by atoms with E-state index in [9.17, 15) is 13.2 Å². The third-order valence-corrected chi connectivity index (χ3v) is 7.18. The van der Waals surface area contributed by atoms with E-state index in [2.05, 4.69) is 10.0 Å². The van der Waals surface area contributed by atoms with Crippen molar-refractivity contribution in [3.05, 3.63) is 53.6 Å². The molecule has 168 valence electrons. The van der Waals surface area contributed by atoms with Gasteiger partial charge in [-0.3, -0.25) is 4.79 Å². The first kappa shape index (κ1) is 23.4. The number of thioether (sulfide) groups is 1. The second-order valence-corrected chi connectivity index (χ2v) is 10.0. The highest BCUT2D eigenvalue weighted by atomic mass is 32.2. The zero-order valence-corrected chi connectivity index (χ0v) is 19.5. The maximum atomic E-state index is 13.0. The van der Waals surface area contributed by atoms with E-state index in [1.54, 1.807) is 17.8 Å². The van der Waals surface area contributed by atoms with Crippen molar-refractivity contribution in [3.63, 3.8) is 0 Å². The minimum atomic E-state index is -3.93. The van der Waals surface area contributed by atoms with Crippen molar-refractivity contribution in [1.29, 1.82) is 0 Å². The molecule has 2 atom stereocenters. The Labute approximate surface area is 188 Å². The number of carbonyl (C=O) groups excluding carboxylic acids is 1. The Morgan fingerprint density at radius 2 is 1.84 bits per heavy atom. The Morgan fingerprint density at radius 1 is 1.13 bits per heavy atom. The second-order valence-electron chi connectivity index (χ2n) is 7.35. The molecule has 1 heterocycles. The van der Waals surface area contributed by atoms with Gasteiger partial charge in [-0.2, -0.15) is 16.5 Å². The van der Waals surface area contributed by atoms with Crippen molar-refractivity contribution in [2.45, 2.75) is 37.2 Å². The van der Waals surface area contributed by atoms with Crippen molar-refractivity contribution in [2.75, 3.05) is 25.2 Å². The number of sulfonamides is 1. The fourth-order valence-electron chi connectivity index (χ4n) is 3.39. The van der Waals surface area contributed by atoms with Gasteiger partial charge < -0.3 is 14.8 Å². The first-order valence-corrected chi connectivity index (χ1v) is 13.0. The molecule has 0 saturated carbocycles. The molecule has 9 heteroatoms. The van der Waals surface area contributed by atoms with Crippen LogP contribution in [0, 0.1) is 6.92 Å². The van der Waals surface area contributed by atoms with Crippen LogP contribution in [0.15, 0.2) is 47.4 Å². The molecule has 0 aliphatic carbocycles. The lowest BCUT2D eigenvalue weighted by Crippen LogP contribution is -2.47. The minimum absolute atomic E-state index is 0.0330. The molecule has 3 rings (SSSR count). The van der Waals surface area contributed by atoms with Crippen LogP contribution in [0.2, 0.25) is 0 Å². The molecule has 1 amide bonds. The number of amides is 1. The lowest BCUT2D eigenvalue weighted by molar-refractivity contribution is -0.123. The van der Waals surface area contributed by atoms with Gasteiger partial charge in [0, 0.05) is 6.07 Å².